The van der Waals surface area contributed by atoms with Crippen LogP contribution in [0.2, 0.25) is 0 Å². The van der Waals surface area contributed by atoms with Gasteiger partial charge in [0, 0.05) is 78.4 Å². The second kappa shape index (κ2) is 7.95. The van der Waals surface area contributed by atoms with Crippen molar-refractivity contribution < 1.29 is 0 Å². The average Bonchev–Trinajstić information content (AvgIpc) is 3.50. The van der Waals surface area contributed by atoms with Crippen LogP contribution in [0.1, 0.15) is 41.9 Å². The summed E-state index contributed by atoms with van der Waals surface area (Å²) in [4.78, 5) is 0. The molecule has 3 heterocycles. The third-order valence-electron chi connectivity index (χ3n) is 7.65. The van der Waals surface area contributed by atoms with Crippen LogP contribution >= 0.6 is 0 Å². The number of aromatic nitrogens is 3. The lowest BCUT2D eigenvalue weighted by atomic mass is 9.81. The highest BCUT2D eigenvalue weighted by atomic mass is 14.9. The Bertz CT molecular complexity index is 1560. The minimum Gasteiger partial charge on any atom is -0.350 e. The molecular weight excluding hydrogens is 414 g/mol. The molecule has 0 aliphatic heterocycles. The minimum absolute atomic E-state index is 0.297. The van der Waals surface area contributed by atoms with Crippen molar-refractivity contribution >= 4 is 32.7 Å². The Hall–Kier alpha value is -3.72. The van der Waals surface area contributed by atoms with Gasteiger partial charge in [-0.1, -0.05) is 61.5 Å². The summed E-state index contributed by atoms with van der Waals surface area (Å²) in [7, 11) is 6.49. The maximum absolute atomic E-state index is 2.39. The normalized spacial score (nSPS) is 13.0. The third-order valence-corrected chi connectivity index (χ3v) is 7.65. The molecule has 0 bridgehead atoms. The van der Waals surface area contributed by atoms with E-state index in [1.54, 1.807) is 0 Å². The standard InChI is InChI=1S/C31H31N3/c1-21(26-18-32(2)29-14-8-5-11-22(26)29)17-25(27-19-33(3)30-15-9-6-12-23(27)30)28-20-34(4)31-16-10-7-13-24(28)31/h5-16,18-21,25H,17H2,1-4H3. The predicted molar refractivity (Wildman–Crippen MR) is 144 cm³/mol. The molecule has 6 aromatic rings. The average molecular weight is 446 g/mol. The van der Waals surface area contributed by atoms with Gasteiger partial charge in [-0.3, -0.25) is 0 Å². The number of nitrogens with zero attached hydrogens (tertiary/aromatic N) is 3. The number of hydrogen-bond acceptors (Lipinski definition) is 0. The van der Waals surface area contributed by atoms with E-state index >= 15 is 0 Å². The fourth-order valence-electron chi connectivity index (χ4n) is 5.97. The van der Waals surface area contributed by atoms with E-state index in [0.29, 0.717) is 11.8 Å². The molecule has 0 fully saturated rings. The Morgan fingerprint density at radius 2 is 0.882 bits per heavy atom. The van der Waals surface area contributed by atoms with E-state index in [1.165, 1.54) is 49.4 Å². The van der Waals surface area contributed by atoms with Crippen molar-refractivity contribution in [1.29, 1.82) is 0 Å². The zero-order valence-electron chi connectivity index (χ0n) is 20.4. The Morgan fingerprint density at radius 1 is 0.529 bits per heavy atom. The summed E-state index contributed by atoms with van der Waals surface area (Å²) in [6, 6.07) is 26.4. The number of para-hydroxylation sites is 3. The predicted octanol–water partition coefficient (Wildman–Crippen LogP) is 7.49. The fraction of sp³-hybridized carbons (Fsp3) is 0.226. The number of benzene rings is 3. The van der Waals surface area contributed by atoms with E-state index < -0.39 is 0 Å². The van der Waals surface area contributed by atoms with Gasteiger partial charge < -0.3 is 13.7 Å². The van der Waals surface area contributed by atoms with E-state index in [9.17, 15) is 0 Å². The summed E-state index contributed by atoms with van der Waals surface area (Å²) in [5.74, 6) is 0.709. The van der Waals surface area contributed by atoms with Gasteiger partial charge in [0.25, 0.3) is 0 Å². The van der Waals surface area contributed by atoms with Crippen molar-refractivity contribution in [2.75, 3.05) is 0 Å². The molecule has 3 nitrogen and oxygen atoms in total. The summed E-state index contributed by atoms with van der Waals surface area (Å²) in [5.41, 5.74) is 8.16. The minimum atomic E-state index is 0.297. The van der Waals surface area contributed by atoms with Crippen LogP contribution in [0.15, 0.2) is 91.4 Å². The monoisotopic (exact) mass is 445 g/mol. The van der Waals surface area contributed by atoms with Gasteiger partial charge in [-0.2, -0.15) is 0 Å². The number of hydrogen-bond donors (Lipinski definition) is 0. The van der Waals surface area contributed by atoms with Crippen molar-refractivity contribution in [3.05, 3.63) is 108 Å². The molecule has 3 aromatic carbocycles. The number of rotatable bonds is 5. The third kappa shape index (κ3) is 3.19. The SMILES string of the molecule is CC(CC(c1cn(C)c2ccccc12)c1cn(C)c2ccccc12)c1cn(C)c2ccccc12. The molecule has 0 aliphatic rings. The van der Waals surface area contributed by atoms with Gasteiger partial charge in [0.15, 0.2) is 0 Å². The van der Waals surface area contributed by atoms with Gasteiger partial charge in [-0.05, 0) is 47.2 Å². The molecule has 3 heteroatoms. The molecule has 0 N–H and O–H groups in total. The van der Waals surface area contributed by atoms with Gasteiger partial charge >= 0.3 is 0 Å². The second-order valence-corrected chi connectivity index (χ2v) is 9.83. The lowest BCUT2D eigenvalue weighted by Crippen LogP contribution is -2.06. The van der Waals surface area contributed by atoms with Gasteiger partial charge in [-0.25, -0.2) is 0 Å². The first kappa shape index (κ1) is 20.9. The molecule has 3 aromatic heterocycles. The maximum Gasteiger partial charge on any atom is 0.0480 e. The molecule has 170 valence electrons. The number of aryl methyl sites for hydroxylation is 3. The van der Waals surface area contributed by atoms with Crippen molar-refractivity contribution in [3.8, 4) is 0 Å². The molecule has 1 unspecified atom stereocenters. The summed E-state index contributed by atoms with van der Waals surface area (Å²) in [6.07, 6.45) is 8.09. The van der Waals surface area contributed by atoms with Crippen LogP contribution in [0.25, 0.3) is 32.7 Å². The summed E-state index contributed by atoms with van der Waals surface area (Å²) >= 11 is 0. The van der Waals surface area contributed by atoms with Crippen LogP contribution in [0.4, 0.5) is 0 Å². The van der Waals surface area contributed by atoms with E-state index in [-0.39, 0.29) is 0 Å². The van der Waals surface area contributed by atoms with Gasteiger partial charge in [0.2, 0.25) is 0 Å². The quantitative estimate of drug-likeness (QED) is 0.261. The fourth-order valence-corrected chi connectivity index (χ4v) is 5.97. The highest BCUT2D eigenvalue weighted by Gasteiger charge is 2.26. The Labute approximate surface area is 200 Å². The first-order valence-corrected chi connectivity index (χ1v) is 12.1. The van der Waals surface area contributed by atoms with Crippen molar-refractivity contribution in [1.82, 2.24) is 13.7 Å². The Kier molecular flexibility index (Phi) is 4.88. The zero-order chi connectivity index (χ0) is 23.4. The molecule has 34 heavy (non-hydrogen) atoms. The van der Waals surface area contributed by atoms with Gasteiger partial charge in [0.1, 0.15) is 0 Å². The van der Waals surface area contributed by atoms with Crippen LogP contribution in [-0.4, -0.2) is 13.7 Å². The zero-order valence-corrected chi connectivity index (χ0v) is 20.4. The number of fused-ring (bicyclic) bond motifs is 3. The molecule has 0 aliphatic carbocycles. The maximum atomic E-state index is 2.39. The first-order chi connectivity index (χ1) is 16.5. The van der Waals surface area contributed by atoms with Crippen LogP contribution in [0.3, 0.4) is 0 Å². The Balaban J connectivity index is 1.53. The van der Waals surface area contributed by atoms with E-state index in [2.05, 4.69) is 133 Å². The van der Waals surface area contributed by atoms with Gasteiger partial charge in [0.05, 0.1) is 0 Å². The molecule has 0 spiro atoms. The van der Waals surface area contributed by atoms with E-state index in [0.717, 1.165) is 6.42 Å². The largest absolute Gasteiger partial charge is 0.350 e. The molecule has 6 rings (SSSR count). The summed E-state index contributed by atoms with van der Waals surface area (Å²) < 4.78 is 6.84. The summed E-state index contributed by atoms with van der Waals surface area (Å²) in [5, 5.41) is 4.08. The first-order valence-electron chi connectivity index (χ1n) is 12.1. The van der Waals surface area contributed by atoms with E-state index in [1.807, 2.05) is 0 Å². The smallest absolute Gasteiger partial charge is 0.0480 e. The van der Waals surface area contributed by atoms with Crippen LogP contribution in [0, 0.1) is 0 Å². The summed E-state index contributed by atoms with van der Waals surface area (Å²) in [6.45, 7) is 2.39. The topological polar surface area (TPSA) is 14.8 Å². The van der Waals surface area contributed by atoms with Crippen molar-refractivity contribution in [3.63, 3.8) is 0 Å². The lowest BCUT2D eigenvalue weighted by molar-refractivity contribution is 0.621. The second-order valence-electron chi connectivity index (χ2n) is 9.83. The molecular formula is C31H31N3. The Morgan fingerprint density at radius 3 is 1.32 bits per heavy atom. The van der Waals surface area contributed by atoms with Crippen LogP contribution < -0.4 is 0 Å². The van der Waals surface area contributed by atoms with E-state index in [4.69, 9.17) is 0 Å². The van der Waals surface area contributed by atoms with Crippen molar-refractivity contribution in [2.45, 2.75) is 25.2 Å². The molecule has 0 saturated heterocycles. The molecule has 0 amide bonds. The highest BCUT2D eigenvalue weighted by molar-refractivity contribution is 5.89. The molecule has 1 atom stereocenters. The van der Waals surface area contributed by atoms with Crippen LogP contribution in [-0.2, 0) is 21.1 Å². The van der Waals surface area contributed by atoms with Crippen molar-refractivity contribution in [2.24, 2.45) is 21.1 Å². The molecule has 0 radical (unpaired) electrons. The van der Waals surface area contributed by atoms with Crippen LogP contribution in [0.5, 0.6) is 0 Å². The van der Waals surface area contributed by atoms with Gasteiger partial charge in [-0.15, -0.1) is 0 Å². The highest BCUT2D eigenvalue weighted by Crippen LogP contribution is 2.43. The lowest BCUT2D eigenvalue weighted by Gasteiger charge is -2.21. The molecule has 0 saturated carbocycles.